The highest BCUT2D eigenvalue weighted by Gasteiger charge is 2.30. The molecule has 1 aliphatic heterocycles. The van der Waals surface area contributed by atoms with Gasteiger partial charge in [-0.2, -0.15) is 0 Å². The lowest BCUT2D eigenvalue weighted by atomic mass is 9.98. The molecule has 3 aromatic rings. The third kappa shape index (κ3) is 6.39. The normalized spacial score (nSPS) is 15.0. The summed E-state index contributed by atoms with van der Waals surface area (Å²) < 4.78 is 11.3. The van der Waals surface area contributed by atoms with Crippen molar-refractivity contribution in [1.29, 1.82) is 0 Å². The molecular formula is C34H37N3O4. The molecule has 0 radical (unpaired) electrons. The SMILES string of the molecule is C#Cc1cc(CN2CCN(C(=O)OCC3c4ccccc4-c4ccccc43)CC2)c(C)c(NC(=O)OC(C)(C)C)c1. The fourth-order valence-electron chi connectivity index (χ4n) is 5.58. The van der Waals surface area contributed by atoms with E-state index < -0.39 is 11.7 Å². The standard InChI is InChI=1S/C34H37N3O4/c1-6-24-19-25(23(2)31(20-24)35-32(38)41-34(3,4)5)21-36-15-17-37(18-16-36)33(39)40-22-30-28-13-9-7-11-26(28)27-12-8-10-14-29(27)30/h1,7-14,19-20,30H,15-18,21-22H2,2-5H3,(H,35,38). The van der Waals surface area contributed by atoms with Gasteiger partial charge in [-0.25, -0.2) is 9.59 Å². The van der Waals surface area contributed by atoms with E-state index in [4.69, 9.17) is 15.9 Å². The van der Waals surface area contributed by atoms with Crippen LogP contribution in [0.15, 0.2) is 60.7 Å². The summed E-state index contributed by atoms with van der Waals surface area (Å²) in [7, 11) is 0. The van der Waals surface area contributed by atoms with Crippen molar-refractivity contribution in [2.24, 2.45) is 0 Å². The topological polar surface area (TPSA) is 71.1 Å². The van der Waals surface area contributed by atoms with Crippen molar-refractivity contribution >= 4 is 17.9 Å². The smallest absolute Gasteiger partial charge is 0.412 e. The van der Waals surface area contributed by atoms with Gasteiger partial charge in [0.15, 0.2) is 0 Å². The van der Waals surface area contributed by atoms with Gasteiger partial charge < -0.3 is 14.4 Å². The summed E-state index contributed by atoms with van der Waals surface area (Å²) in [4.78, 5) is 29.5. The van der Waals surface area contributed by atoms with Crippen molar-refractivity contribution < 1.29 is 19.1 Å². The first-order valence-corrected chi connectivity index (χ1v) is 14.1. The molecule has 3 aromatic carbocycles. The number of amides is 2. The first kappa shape index (κ1) is 28.3. The number of nitrogens with zero attached hydrogens (tertiary/aromatic N) is 2. The first-order valence-electron chi connectivity index (χ1n) is 14.1. The van der Waals surface area contributed by atoms with Gasteiger partial charge in [0.1, 0.15) is 12.2 Å². The van der Waals surface area contributed by atoms with E-state index in [1.165, 1.54) is 22.3 Å². The Labute approximate surface area is 242 Å². The number of anilines is 1. The van der Waals surface area contributed by atoms with E-state index in [2.05, 4.69) is 40.4 Å². The molecule has 0 atom stereocenters. The molecule has 1 fully saturated rings. The van der Waals surface area contributed by atoms with Crippen molar-refractivity contribution in [3.8, 4) is 23.5 Å². The van der Waals surface area contributed by atoms with Gasteiger partial charge in [-0.15, -0.1) is 6.42 Å². The maximum Gasteiger partial charge on any atom is 0.412 e. The van der Waals surface area contributed by atoms with Gasteiger partial charge >= 0.3 is 12.2 Å². The third-order valence-electron chi connectivity index (χ3n) is 7.68. The van der Waals surface area contributed by atoms with Gasteiger partial charge in [0, 0.05) is 49.9 Å². The Bertz CT molecular complexity index is 1450. The lowest BCUT2D eigenvalue weighted by Crippen LogP contribution is -2.48. The molecule has 5 rings (SSSR count). The van der Waals surface area contributed by atoms with Crippen LogP contribution < -0.4 is 5.32 Å². The van der Waals surface area contributed by atoms with Crippen molar-refractivity contribution in [3.05, 3.63) is 88.5 Å². The van der Waals surface area contributed by atoms with Crippen LogP contribution in [0.2, 0.25) is 0 Å². The molecule has 1 heterocycles. The second-order valence-electron chi connectivity index (χ2n) is 11.6. The van der Waals surface area contributed by atoms with Crippen LogP contribution in [0.5, 0.6) is 0 Å². The molecule has 2 aliphatic rings. The summed E-state index contributed by atoms with van der Waals surface area (Å²) in [6, 6.07) is 20.5. The molecule has 2 amide bonds. The van der Waals surface area contributed by atoms with Crippen LogP contribution >= 0.6 is 0 Å². The number of hydrogen-bond acceptors (Lipinski definition) is 5. The summed E-state index contributed by atoms with van der Waals surface area (Å²) in [6.07, 6.45) is 4.92. The molecule has 0 spiro atoms. The molecule has 41 heavy (non-hydrogen) atoms. The summed E-state index contributed by atoms with van der Waals surface area (Å²) in [5.41, 5.74) is 7.54. The number of hydrogen-bond donors (Lipinski definition) is 1. The highest BCUT2D eigenvalue weighted by molar-refractivity contribution is 5.86. The number of nitrogens with one attached hydrogen (secondary N) is 1. The lowest BCUT2D eigenvalue weighted by Gasteiger charge is -2.34. The van der Waals surface area contributed by atoms with E-state index >= 15 is 0 Å². The molecule has 0 saturated carbocycles. The molecule has 0 bridgehead atoms. The molecule has 7 nitrogen and oxygen atoms in total. The van der Waals surface area contributed by atoms with E-state index in [0.717, 1.165) is 11.1 Å². The third-order valence-corrected chi connectivity index (χ3v) is 7.68. The Morgan fingerprint density at radius 3 is 2.17 bits per heavy atom. The summed E-state index contributed by atoms with van der Waals surface area (Å²) in [6.45, 7) is 11.0. The van der Waals surface area contributed by atoms with Gasteiger partial charge in [0.05, 0.1) is 0 Å². The number of carbonyl (C=O) groups excluding carboxylic acids is 2. The zero-order chi connectivity index (χ0) is 29.1. The van der Waals surface area contributed by atoms with Gasteiger partial charge in [-0.3, -0.25) is 10.2 Å². The van der Waals surface area contributed by atoms with Gasteiger partial charge in [0.25, 0.3) is 0 Å². The van der Waals surface area contributed by atoms with Crippen LogP contribution in [0.4, 0.5) is 15.3 Å². The zero-order valence-corrected chi connectivity index (χ0v) is 24.2. The van der Waals surface area contributed by atoms with Crippen molar-refractivity contribution in [3.63, 3.8) is 0 Å². The molecule has 0 aromatic heterocycles. The van der Waals surface area contributed by atoms with E-state index in [1.54, 1.807) is 11.0 Å². The maximum absolute atomic E-state index is 13.0. The second kappa shape index (κ2) is 11.7. The summed E-state index contributed by atoms with van der Waals surface area (Å²) in [5, 5.41) is 2.85. The van der Waals surface area contributed by atoms with Crippen LogP contribution in [0.3, 0.4) is 0 Å². The average Bonchev–Trinajstić information content (AvgIpc) is 3.26. The maximum atomic E-state index is 13.0. The molecule has 1 aliphatic carbocycles. The Morgan fingerprint density at radius 2 is 1.59 bits per heavy atom. The van der Waals surface area contributed by atoms with Crippen molar-refractivity contribution in [1.82, 2.24) is 9.80 Å². The van der Waals surface area contributed by atoms with Crippen molar-refractivity contribution in [2.75, 3.05) is 38.1 Å². The predicted molar refractivity (Wildman–Crippen MR) is 161 cm³/mol. The minimum absolute atomic E-state index is 0.0440. The minimum atomic E-state index is -0.600. The fourth-order valence-corrected chi connectivity index (χ4v) is 5.58. The Kier molecular flexibility index (Phi) is 8.05. The van der Waals surface area contributed by atoms with Crippen LogP contribution in [-0.4, -0.2) is 60.4 Å². The Hall–Kier alpha value is -4.28. The quantitative estimate of drug-likeness (QED) is 0.372. The van der Waals surface area contributed by atoms with Crippen LogP contribution in [0.1, 0.15) is 54.5 Å². The Balaban J connectivity index is 1.18. The van der Waals surface area contributed by atoms with Crippen LogP contribution in [0.25, 0.3) is 11.1 Å². The van der Waals surface area contributed by atoms with Crippen LogP contribution in [0, 0.1) is 19.3 Å². The fraction of sp³-hybridized carbons (Fsp3) is 0.353. The molecule has 0 unspecified atom stereocenters. The molecule has 212 valence electrons. The molecule has 7 heteroatoms. The first-order chi connectivity index (χ1) is 19.6. The van der Waals surface area contributed by atoms with E-state index in [0.29, 0.717) is 50.6 Å². The number of benzene rings is 3. The van der Waals surface area contributed by atoms with Crippen LogP contribution in [-0.2, 0) is 16.0 Å². The number of fused-ring (bicyclic) bond motifs is 3. The van der Waals surface area contributed by atoms with Gasteiger partial charge in [-0.1, -0.05) is 54.5 Å². The number of rotatable bonds is 5. The average molecular weight is 552 g/mol. The molecule has 1 saturated heterocycles. The van der Waals surface area contributed by atoms with E-state index in [1.807, 2.05) is 58.0 Å². The number of ether oxygens (including phenoxy) is 2. The highest BCUT2D eigenvalue weighted by Crippen LogP contribution is 2.44. The monoisotopic (exact) mass is 551 g/mol. The predicted octanol–water partition coefficient (Wildman–Crippen LogP) is 6.39. The van der Waals surface area contributed by atoms with Crippen molar-refractivity contribution in [2.45, 2.75) is 45.8 Å². The highest BCUT2D eigenvalue weighted by atomic mass is 16.6. The van der Waals surface area contributed by atoms with E-state index in [9.17, 15) is 9.59 Å². The molecular weight excluding hydrogens is 514 g/mol. The minimum Gasteiger partial charge on any atom is -0.448 e. The number of carbonyl (C=O) groups is 2. The Morgan fingerprint density at radius 1 is 0.976 bits per heavy atom. The summed E-state index contributed by atoms with van der Waals surface area (Å²) in [5.74, 6) is 2.73. The second-order valence-corrected chi connectivity index (χ2v) is 11.6. The van der Waals surface area contributed by atoms with Gasteiger partial charge in [0.2, 0.25) is 0 Å². The zero-order valence-electron chi connectivity index (χ0n) is 24.2. The largest absolute Gasteiger partial charge is 0.448 e. The lowest BCUT2D eigenvalue weighted by molar-refractivity contribution is 0.0635. The molecule has 1 N–H and O–H groups in total. The van der Waals surface area contributed by atoms with Gasteiger partial charge in [-0.05, 0) is 73.2 Å². The van der Waals surface area contributed by atoms with E-state index in [-0.39, 0.29) is 12.0 Å². The number of terminal acetylenes is 1. The summed E-state index contributed by atoms with van der Waals surface area (Å²) >= 11 is 0. The number of piperazine rings is 1.